The summed E-state index contributed by atoms with van der Waals surface area (Å²) in [6, 6.07) is 0. The number of aromatic nitrogens is 2. The van der Waals surface area contributed by atoms with Gasteiger partial charge in [-0.3, -0.25) is 4.68 Å². The summed E-state index contributed by atoms with van der Waals surface area (Å²) in [4.78, 5) is 0. The molecule has 0 atom stereocenters. The molecule has 0 radical (unpaired) electrons. The van der Waals surface area contributed by atoms with E-state index >= 15 is 0 Å². The highest BCUT2D eigenvalue weighted by molar-refractivity contribution is 5.12. The Morgan fingerprint density at radius 1 is 1.55 bits per heavy atom. The smallest absolute Gasteiger partial charge is 0.0622 e. The second-order valence-electron chi connectivity index (χ2n) is 2.80. The first-order valence-corrected chi connectivity index (χ1v) is 3.94. The van der Waals surface area contributed by atoms with Gasteiger partial charge in [-0.25, -0.2) is 0 Å². The van der Waals surface area contributed by atoms with Crippen molar-refractivity contribution in [2.75, 3.05) is 6.54 Å². The molecule has 1 heterocycles. The van der Waals surface area contributed by atoms with Gasteiger partial charge in [-0.2, -0.15) is 5.10 Å². The summed E-state index contributed by atoms with van der Waals surface area (Å²) in [6.45, 7) is 5.76. The van der Waals surface area contributed by atoms with Gasteiger partial charge >= 0.3 is 0 Å². The van der Waals surface area contributed by atoms with Gasteiger partial charge in [0.1, 0.15) is 0 Å². The highest BCUT2D eigenvalue weighted by atomic mass is 15.3. The minimum atomic E-state index is 0.734. The predicted octanol–water partition coefficient (Wildman–Crippen LogP) is 0.849. The Hall–Kier alpha value is -0.830. The molecule has 3 heteroatoms. The summed E-state index contributed by atoms with van der Waals surface area (Å²) in [5.41, 5.74) is 7.74. The topological polar surface area (TPSA) is 43.8 Å². The van der Waals surface area contributed by atoms with Crippen LogP contribution in [0.3, 0.4) is 0 Å². The van der Waals surface area contributed by atoms with E-state index in [0.717, 1.165) is 25.2 Å². The maximum Gasteiger partial charge on any atom is 0.0622 e. The minimum Gasteiger partial charge on any atom is -0.330 e. The standard InChI is InChI=1S/C8H15N3/c1-7-6-11(5-3-4-9)10-8(7)2/h6H,3-5,9H2,1-2H3. The number of rotatable bonds is 3. The summed E-state index contributed by atoms with van der Waals surface area (Å²) in [6.07, 6.45) is 3.06. The molecule has 1 aromatic heterocycles. The fraction of sp³-hybridized carbons (Fsp3) is 0.625. The lowest BCUT2D eigenvalue weighted by Crippen LogP contribution is -2.06. The molecule has 0 fully saturated rings. The fourth-order valence-electron chi connectivity index (χ4n) is 0.985. The molecular formula is C8H15N3. The molecule has 0 aliphatic heterocycles. The van der Waals surface area contributed by atoms with Crippen molar-refractivity contribution in [3.8, 4) is 0 Å². The highest BCUT2D eigenvalue weighted by Gasteiger charge is 1.97. The minimum absolute atomic E-state index is 0.734. The van der Waals surface area contributed by atoms with Gasteiger partial charge in [0, 0.05) is 12.7 Å². The lowest BCUT2D eigenvalue weighted by atomic mass is 10.3. The van der Waals surface area contributed by atoms with E-state index in [1.807, 2.05) is 11.6 Å². The van der Waals surface area contributed by atoms with Crippen molar-refractivity contribution < 1.29 is 0 Å². The van der Waals surface area contributed by atoms with E-state index in [4.69, 9.17) is 5.73 Å². The van der Waals surface area contributed by atoms with Gasteiger partial charge in [0.15, 0.2) is 0 Å². The lowest BCUT2D eigenvalue weighted by molar-refractivity contribution is 0.581. The SMILES string of the molecule is Cc1cn(CCCN)nc1C. The van der Waals surface area contributed by atoms with Crippen molar-refractivity contribution in [1.29, 1.82) is 0 Å². The number of hydrogen-bond acceptors (Lipinski definition) is 2. The van der Waals surface area contributed by atoms with Crippen LogP contribution in [0.5, 0.6) is 0 Å². The Bertz CT molecular complexity index is 208. The molecule has 2 N–H and O–H groups in total. The van der Waals surface area contributed by atoms with Crippen LogP contribution in [0.25, 0.3) is 0 Å². The van der Waals surface area contributed by atoms with Gasteiger partial charge < -0.3 is 5.73 Å². The van der Waals surface area contributed by atoms with Gasteiger partial charge in [0.2, 0.25) is 0 Å². The average Bonchev–Trinajstić information content (AvgIpc) is 2.28. The Kier molecular flexibility index (Phi) is 2.65. The third-order valence-corrected chi connectivity index (χ3v) is 1.78. The first-order valence-electron chi connectivity index (χ1n) is 3.94. The van der Waals surface area contributed by atoms with Crippen molar-refractivity contribution in [3.05, 3.63) is 17.5 Å². The van der Waals surface area contributed by atoms with E-state index in [9.17, 15) is 0 Å². The zero-order chi connectivity index (χ0) is 8.27. The monoisotopic (exact) mass is 153 g/mol. The zero-order valence-electron chi connectivity index (χ0n) is 7.17. The van der Waals surface area contributed by atoms with E-state index in [-0.39, 0.29) is 0 Å². The van der Waals surface area contributed by atoms with Crippen molar-refractivity contribution in [2.45, 2.75) is 26.8 Å². The first kappa shape index (κ1) is 8.27. The second kappa shape index (κ2) is 3.53. The maximum absolute atomic E-state index is 5.38. The molecule has 1 aromatic rings. The largest absolute Gasteiger partial charge is 0.330 e. The van der Waals surface area contributed by atoms with E-state index in [0.29, 0.717) is 0 Å². The summed E-state index contributed by atoms with van der Waals surface area (Å²) in [5, 5.41) is 4.31. The summed E-state index contributed by atoms with van der Waals surface area (Å²) < 4.78 is 1.96. The van der Waals surface area contributed by atoms with Gasteiger partial charge in [-0.05, 0) is 32.4 Å². The van der Waals surface area contributed by atoms with Gasteiger partial charge in [0.25, 0.3) is 0 Å². The molecule has 0 spiro atoms. The molecule has 0 bridgehead atoms. The molecule has 0 unspecified atom stereocenters. The lowest BCUT2D eigenvalue weighted by Gasteiger charge is -1.96. The van der Waals surface area contributed by atoms with Crippen LogP contribution < -0.4 is 5.73 Å². The van der Waals surface area contributed by atoms with E-state index in [2.05, 4.69) is 18.2 Å². The second-order valence-corrected chi connectivity index (χ2v) is 2.80. The Morgan fingerprint density at radius 3 is 2.73 bits per heavy atom. The van der Waals surface area contributed by atoms with Crippen LogP contribution in [0.15, 0.2) is 6.20 Å². The normalized spacial score (nSPS) is 10.5. The molecular weight excluding hydrogens is 138 g/mol. The average molecular weight is 153 g/mol. The first-order chi connectivity index (χ1) is 5.24. The van der Waals surface area contributed by atoms with Crippen LogP contribution in [-0.4, -0.2) is 16.3 Å². The molecule has 0 saturated heterocycles. The molecule has 0 amide bonds. The molecule has 0 saturated carbocycles. The summed E-state index contributed by atoms with van der Waals surface area (Å²) in [7, 11) is 0. The van der Waals surface area contributed by atoms with E-state index < -0.39 is 0 Å². The Labute approximate surface area is 67.2 Å². The molecule has 1 rings (SSSR count). The Balaban J connectivity index is 2.58. The molecule has 11 heavy (non-hydrogen) atoms. The number of nitrogens with two attached hydrogens (primary N) is 1. The predicted molar refractivity (Wildman–Crippen MR) is 45.4 cm³/mol. The van der Waals surface area contributed by atoms with Crippen molar-refractivity contribution in [2.24, 2.45) is 5.73 Å². The third-order valence-electron chi connectivity index (χ3n) is 1.78. The van der Waals surface area contributed by atoms with Crippen molar-refractivity contribution in [1.82, 2.24) is 9.78 Å². The van der Waals surface area contributed by atoms with Crippen LogP contribution in [-0.2, 0) is 6.54 Å². The molecule has 0 aliphatic rings. The van der Waals surface area contributed by atoms with Crippen molar-refractivity contribution in [3.63, 3.8) is 0 Å². The van der Waals surface area contributed by atoms with E-state index in [1.165, 1.54) is 5.56 Å². The van der Waals surface area contributed by atoms with Gasteiger partial charge in [-0.15, -0.1) is 0 Å². The molecule has 0 aliphatic carbocycles. The van der Waals surface area contributed by atoms with Gasteiger partial charge in [-0.1, -0.05) is 0 Å². The van der Waals surface area contributed by atoms with Gasteiger partial charge in [0.05, 0.1) is 5.69 Å². The molecule has 3 nitrogen and oxygen atoms in total. The summed E-state index contributed by atoms with van der Waals surface area (Å²) >= 11 is 0. The summed E-state index contributed by atoms with van der Waals surface area (Å²) in [5.74, 6) is 0. The van der Waals surface area contributed by atoms with Crippen molar-refractivity contribution >= 4 is 0 Å². The quantitative estimate of drug-likeness (QED) is 0.699. The Morgan fingerprint density at radius 2 is 2.27 bits per heavy atom. The van der Waals surface area contributed by atoms with Crippen LogP contribution in [0.4, 0.5) is 0 Å². The third kappa shape index (κ3) is 2.05. The zero-order valence-corrected chi connectivity index (χ0v) is 7.17. The van der Waals surface area contributed by atoms with Crippen LogP contribution in [0.1, 0.15) is 17.7 Å². The molecule has 0 aromatic carbocycles. The van der Waals surface area contributed by atoms with Crippen LogP contribution >= 0.6 is 0 Å². The van der Waals surface area contributed by atoms with Crippen LogP contribution in [0.2, 0.25) is 0 Å². The highest BCUT2D eigenvalue weighted by Crippen LogP contribution is 2.02. The number of nitrogens with zero attached hydrogens (tertiary/aromatic N) is 2. The van der Waals surface area contributed by atoms with E-state index in [1.54, 1.807) is 0 Å². The van der Waals surface area contributed by atoms with Crippen LogP contribution in [0, 0.1) is 13.8 Å². The molecule has 62 valence electrons. The number of hydrogen-bond donors (Lipinski definition) is 1. The fourth-order valence-corrected chi connectivity index (χ4v) is 0.985. The maximum atomic E-state index is 5.38. The number of aryl methyl sites for hydroxylation is 3.